The number of hydrogen-bond donors (Lipinski definition) is 1. The Labute approximate surface area is 203 Å². The number of benzene rings is 2. The third-order valence-corrected chi connectivity index (χ3v) is 6.72. The summed E-state index contributed by atoms with van der Waals surface area (Å²) in [6.45, 7) is 3.30. The maximum Gasteiger partial charge on any atom is 0.331 e. The summed E-state index contributed by atoms with van der Waals surface area (Å²) >= 11 is 0. The van der Waals surface area contributed by atoms with Crippen LogP contribution in [-0.2, 0) is 16.0 Å². The van der Waals surface area contributed by atoms with Gasteiger partial charge in [0, 0.05) is 45.0 Å². The first kappa shape index (κ1) is 23.1. The molecule has 2 saturated heterocycles. The molecular formula is C25H28FN5O4. The van der Waals surface area contributed by atoms with Crippen LogP contribution in [0.5, 0.6) is 5.75 Å². The SMILES string of the molecule is CN1CCN(c2cc(F)cc3c2OC(C(=O)Nc2ccc(N4C(=O)CN(C)C4=O)cc2)CC3)CC1. The third kappa shape index (κ3) is 4.53. The molecule has 0 saturated carbocycles. The second-order valence-corrected chi connectivity index (χ2v) is 9.25. The van der Waals surface area contributed by atoms with E-state index in [2.05, 4.69) is 22.2 Å². The lowest BCUT2D eigenvalue weighted by molar-refractivity contribution is -0.123. The molecule has 0 spiro atoms. The van der Waals surface area contributed by atoms with Gasteiger partial charge in [0.25, 0.3) is 11.8 Å². The van der Waals surface area contributed by atoms with Crippen LogP contribution in [0.15, 0.2) is 36.4 Å². The number of nitrogens with zero attached hydrogens (tertiary/aromatic N) is 4. The Morgan fingerprint density at radius 3 is 2.43 bits per heavy atom. The monoisotopic (exact) mass is 481 g/mol. The molecule has 10 heteroatoms. The van der Waals surface area contributed by atoms with E-state index in [1.165, 1.54) is 17.0 Å². The number of amides is 4. The van der Waals surface area contributed by atoms with Gasteiger partial charge < -0.3 is 24.8 Å². The second kappa shape index (κ2) is 9.18. The Morgan fingerprint density at radius 2 is 1.77 bits per heavy atom. The van der Waals surface area contributed by atoms with Crippen molar-refractivity contribution < 1.29 is 23.5 Å². The van der Waals surface area contributed by atoms with Crippen LogP contribution in [0.2, 0.25) is 0 Å². The van der Waals surface area contributed by atoms with Gasteiger partial charge in [-0.2, -0.15) is 0 Å². The lowest BCUT2D eigenvalue weighted by Crippen LogP contribution is -2.45. The molecule has 0 aliphatic carbocycles. The van der Waals surface area contributed by atoms with Gasteiger partial charge >= 0.3 is 6.03 Å². The summed E-state index contributed by atoms with van der Waals surface area (Å²) in [6, 6.07) is 9.13. The van der Waals surface area contributed by atoms with Crippen molar-refractivity contribution in [2.24, 2.45) is 0 Å². The van der Waals surface area contributed by atoms with Crippen LogP contribution in [0.1, 0.15) is 12.0 Å². The largest absolute Gasteiger partial charge is 0.478 e. The molecular weight excluding hydrogens is 453 g/mol. The van der Waals surface area contributed by atoms with E-state index in [1.54, 1.807) is 31.3 Å². The Kier molecular flexibility index (Phi) is 6.06. The highest BCUT2D eigenvalue weighted by Crippen LogP contribution is 2.39. The summed E-state index contributed by atoms with van der Waals surface area (Å²) in [6.07, 6.45) is 0.262. The number of halogens is 1. The minimum Gasteiger partial charge on any atom is -0.478 e. The van der Waals surface area contributed by atoms with E-state index in [0.29, 0.717) is 35.7 Å². The summed E-state index contributed by atoms with van der Waals surface area (Å²) < 4.78 is 20.5. The van der Waals surface area contributed by atoms with Crippen LogP contribution in [0.25, 0.3) is 0 Å². The van der Waals surface area contributed by atoms with Crippen LogP contribution >= 0.6 is 0 Å². The zero-order valence-electron chi connectivity index (χ0n) is 19.8. The number of carbonyl (C=O) groups is 3. The lowest BCUT2D eigenvalue weighted by Gasteiger charge is -2.37. The predicted octanol–water partition coefficient (Wildman–Crippen LogP) is 2.31. The molecule has 4 amide bonds. The zero-order chi connectivity index (χ0) is 24.7. The first-order valence-electron chi connectivity index (χ1n) is 11.7. The first-order valence-corrected chi connectivity index (χ1v) is 11.7. The van der Waals surface area contributed by atoms with Crippen molar-refractivity contribution in [3.8, 4) is 5.75 Å². The fraction of sp³-hybridized carbons (Fsp3) is 0.400. The number of anilines is 3. The summed E-state index contributed by atoms with van der Waals surface area (Å²) in [7, 11) is 3.63. The van der Waals surface area contributed by atoms with Crippen molar-refractivity contribution in [2.45, 2.75) is 18.9 Å². The van der Waals surface area contributed by atoms with Crippen molar-refractivity contribution in [3.05, 3.63) is 47.8 Å². The summed E-state index contributed by atoms with van der Waals surface area (Å²) in [5.41, 5.74) is 2.44. The third-order valence-electron chi connectivity index (χ3n) is 6.72. The van der Waals surface area contributed by atoms with E-state index in [-0.39, 0.29) is 30.2 Å². The van der Waals surface area contributed by atoms with E-state index in [1.807, 2.05) is 0 Å². The number of rotatable bonds is 4. The number of fused-ring (bicyclic) bond motifs is 1. The van der Waals surface area contributed by atoms with Gasteiger partial charge in [-0.15, -0.1) is 0 Å². The van der Waals surface area contributed by atoms with Gasteiger partial charge in [0.15, 0.2) is 6.10 Å². The number of imide groups is 1. The van der Waals surface area contributed by atoms with Crippen molar-refractivity contribution in [3.63, 3.8) is 0 Å². The number of ether oxygens (including phenoxy) is 1. The number of urea groups is 1. The molecule has 2 aromatic rings. The van der Waals surface area contributed by atoms with E-state index < -0.39 is 6.10 Å². The molecule has 3 aliphatic heterocycles. The zero-order valence-corrected chi connectivity index (χ0v) is 19.8. The highest BCUT2D eigenvalue weighted by molar-refractivity contribution is 6.19. The highest BCUT2D eigenvalue weighted by Gasteiger charge is 2.35. The molecule has 3 aliphatic rings. The Balaban J connectivity index is 1.28. The molecule has 1 N–H and O–H groups in total. The molecule has 0 radical (unpaired) electrons. The lowest BCUT2D eigenvalue weighted by atomic mass is 9.99. The number of hydrogen-bond acceptors (Lipinski definition) is 6. The molecule has 1 unspecified atom stereocenters. The standard InChI is InChI=1S/C25H28FN5O4/c1-28-9-11-30(12-10-28)20-14-17(26)13-16-3-8-21(35-23(16)20)24(33)27-18-4-6-19(7-5-18)31-22(32)15-29(2)25(31)34/h4-7,13-14,21H,3,8-12,15H2,1-2H3,(H,27,33). The molecule has 9 nitrogen and oxygen atoms in total. The van der Waals surface area contributed by atoms with Gasteiger partial charge in [0.2, 0.25) is 0 Å². The van der Waals surface area contributed by atoms with Crippen LogP contribution < -0.4 is 19.9 Å². The molecule has 1 atom stereocenters. The molecule has 184 valence electrons. The second-order valence-electron chi connectivity index (χ2n) is 9.25. The van der Waals surface area contributed by atoms with Crippen LogP contribution in [0.3, 0.4) is 0 Å². The fourth-order valence-electron chi connectivity index (χ4n) is 4.70. The van der Waals surface area contributed by atoms with Gasteiger partial charge in [0.1, 0.15) is 18.1 Å². The molecule has 35 heavy (non-hydrogen) atoms. The number of carbonyl (C=O) groups excluding carboxylic acids is 3. The quantitative estimate of drug-likeness (QED) is 0.675. The summed E-state index contributed by atoms with van der Waals surface area (Å²) in [4.78, 5) is 44.1. The molecule has 2 fully saturated rings. The van der Waals surface area contributed by atoms with Crippen LogP contribution in [0, 0.1) is 5.82 Å². The molecule has 5 rings (SSSR count). The maximum atomic E-state index is 14.3. The average Bonchev–Trinajstić information content (AvgIpc) is 3.10. The molecule has 0 aromatic heterocycles. The van der Waals surface area contributed by atoms with Crippen molar-refractivity contribution >= 4 is 34.9 Å². The van der Waals surface area contributed by atoms with Crippen LogP contribution in [-0.4, -0.2) is 80.6 Å². The average molecular weight is 482 g/mol. The maximum absolute atomic E-state index is 14.3. The van der Waals surface area contributed by atoms with Crippen molar-refractivity contribution in [2.75, 3.05) is 61.9 Å². The first-order chi connectivity index (χ1) is 16.8. The van der Waals surface area contributed by atoms with Crippen LogP contribution in [0.4, 0.5) is 26.2 Å². The Hall–Kier alpha value is -3.66. The molecule has 3 heterocycles. The van der Waals surface area contributed by atoms with E-state index in [0.717, 1.165) is 36.6 Å². The smallest absolute Gasteiger partial charge is 0.331 e. The Morgan fingerprint density at radius 1 is 1.06 bits per heavy atom. The van der Waals surface area contributed by atoms with Crippen molar-refractivity contribution in [1.82, 2.24) is 9.80 Å². The van der Waals surface area contributed by atoms with Gasteiger partial charge in [-0.1, -0.05) is 0 Å². The number of piperazine rings is 1. The highest BCUT2D eigenvalue weighted by atomic mass is 19.1. The summed E-state index contributed by atoms with van der Waals surface area (Å²) in [5.74, 6) is -0.320. The minimum absolute atomic E-state index is 0.0395. The fourth-order valence-corrected chi connectivity index (χ4v) is 4.70. The van der Waals surface area contributed by atoms with E-state index in [9.17, 15) is 18.8 Å². The number of aryl methyl sites for hydroxylation is 1. The van der Waals surface area contributed by atoms with Gasteiger partial charge in [-0.25, -0.2) is 14.1 Å². The van der Waals surface area contributed by atoms with E-state index in [4.69, 9.17) is 4.74 Å². The number of likely N-dealkylation sites (N-methyl/N-ethyl adjacent to an activating group) is 2. The topological polar surface area (TPSA) is 85.4 Å². The van der Waals surface area contributed by atoms with Gasteiger partial charge in [-0.05, 0) is 55.8 Å². The normalized spacial score (nSPS) is 20.7. The van der Waals surface area contributed by atoms with Gasteiger partial charge in [0.05, 0.1) is 11.4 Å². The van der Waals surface area contributed by atoms with Crippen molar-refractivity contribution in [1.29, 1.82) is 0 Å². The summed E-state index contributed by atoms with van der Waals surface area (Å²) in [5, 5.41) is 2.85. The van der Waals surface area contributed by atoms with Gasteiger partial charge in [-0.3, -0.25) is 9.59 Å². The Bertz CT molecular complexity index is 1160. The molecule has 2 aromatic carbocycles. The number of nitrogens with one attached hydrogen (secondary N) is 1. The molecule has 0 bridgehead atoms. The minimum atomic E-state index is -0.714. The van der Waals surface area contributed by atoms with E-state index >= 15 is 0 Å². The predicted molar refractivity (Wildman–Crippen MR) is 129 cm³/mol.